The molecule has 31 heavy (non-hydrogen) atoms. The summed E-state index contributed by atoms with van der Waals surface area (Å²) in [4.78, 5) is 32.4. The Balaban J connectivity index is 1.62. The van der Waals surface area contributed by atoms with Crippen LogP contribution >= 0.6 is 0 Å². The number of likely N-dealkylation sites (N-methyl/N-ethyl adjacent to an activating group) is 1. The van der Waals surface area contributed by atoms with E-state index >= 15 is 0 Å². The average Bonchev–Trinajstić information content (AvgIpc) is 2.77. The van der Waals surface area contributed by atoms with Crippen LogP contribution < -0.4 is 4.90 Å². The summed E-state index contributed by atoms with van der Waals surface area (Å²) in [6.07, 6.45) is -3.72. The van der Waals surface area contributed by atoms with Crippen LogP contribution in [-0.2, 0) is 20.5 Å². The number of pyridine rings is 1. The first-order valence-corrected chi connectivity index (χ1v) is 9.91. The molecule has 0 bridgehead atoms. The molecule has 9 heteroatoms. The second kappa shape index (κ2) is 9.36. The Bertz CT molecular complexity index is 894. The SMILES string of the molecule is CN(C)C(=O)[C@H](OC(=O)C1CCN(c2ccc(C(F)(F)F)cn2)CC1)c1ccccc1. The van der Waals surface area contributed by atoms with Crippen LogP contribution in [0.25, 0.3) is 0 Å². The summed E-state index contributed by atoms with van der Waals surface area (Å²) in [6, 6.07) is 11.2. The lowest BCUT2D eigenvalue weighted by atomic mass is 9.96. The molecule has 1 aromatic carbocycles. The monoisotopic (exact) mass is 435 g/mol. The van der Waals surface area contributed by atoms with Gasteiger partial charge in [0.05, 0.1) is 11.5 Å². The van der Waals surface area contributed by atoms with Gasteiger partial charge in [-0.2, -0.15) is 13.2 Å². The molecule has 1 aromatic heterocycles. The molecule has 0 aliphatic carbocycles. The van der Waals surface area contributed by atoms with E-state index in [2.05, 4.69) is 4.98 Å². The number of benzene rings is 1. The highest BCUT2D eigenvalue weighted by molar-refractivity contribution is 5.85. The number of hydrogen-bond donors (Lipinski definition) is 0. The van der Waals surface area contributed by atoms with Gasteiger partial charge in [-0.1, -0.05) is 30.3 Å². The fraction of sp³-hybridized carbons (Fsp3) is 0.409. The van der Waals surface area contributed by atoms with Crippen molar-refractivity contribution in [1.29, 1.82) is 0 Å². The number of nitrogens with zero attached hydrogens (tertiary/aromatic N) is 3. The lowest BCUT2D eigenvalue weighted by Crippen LogP contribution is -2.39. The Hall–Kier alpha value is -3.10. The quantitative estimate of drug-likeness (QED) is 0.671. The minimum Gasteiger partial charge on any atom is -0.447 e. The van der Waals surface area contributed by atoms with E-state index in [1.807, 2.05) is 11.0 Å². The molecular formula is C22H24F3N3O3. The standard InChI is InChI=1S/C22H24F3N3O3/c1-27(2)20(29)19(15-6-4-3-5-7-15)31-21(30)16-10-12-28(13-11-16)18-9-8-17(14-26-18)22(23,24)25/h3-9,14,16,19H,10-13H2,1-2H3/t19-/m1/s1. The summed E-state index contributed by atoms with van der Waals surface area (Å²) in [5.41, 5.74) is -0.201. The molecule has 0 unspecified atom stereocenters. The highest BCUT2D eigenvalue weighted by Gasteiger charge is 2.33. The molecule has 3 rings (SSSR count). The number of anilines is 1. The molecule has 1 aliphatic heterocycles. The van der Waals surface area contributed by atoms with E-state index in [1.54, 1.807) is 38.4 Å². The summed E-state index contributed by atoms with van der Waals surface area (Å²) in [6.45, 7) is 0.908. The first kappa shape index (κ1) is 22.6. The molecule has 6 nitrogen and oxygen atoms in total. The number of halogens is 3. The van der Waals surface area contributed by atoms with Gasteiger partial charge in [-0.15, -0.1) is 0 Å². The number of rotatable bonds is 5. The molecular weight excluding hydrogens is 411 g/mol. The van der Waals surface area contributed by atoms with Gasteiger partial charge < -0.3 is 14.5 Å². The van der Waals surface area contributed by atoms with Gasteiger partial charge in [0.2, 0.25) is 6.10 Å². The normalized spacial score (nSPS) is 16.0. The van der Waals surface area contributed by atoms with E-state index in [0.717, 1.165) is 12.3 Å². The lowest BCUT2D eigenvalue weighted by Gasteiger charge is -2.32. The van der Waals surface area contributed by atoms with Crippen molar-refractivity contribution in [1.82, 2.24) is 9.88 Å². The van der Waals surface area contributed by atoms with E-state index < -0.39 is 29.7 Å². The minimum atomic E-state index is -4.43. The summed E-state index contributed by atoms with van der Waals surface area (Å²) in [5, 5.41) is 0. The topological polar surface area (TPSA) is 62.7 Å². The van der Waals surface area contributed by atoms with Crippen molar-refractivity contribution < 1.29 is 27.5 Å². The number of carbonyl (C=O) groups excluding carboxylic acids is 2. The van der Waals surface area contributed by atoms with Gasteiger partial charge in [0, 0.05) is 38.9 Å². The number of carbonyl (C=O) groups is 2. The maximum Gasteiger partial charge on any atom is 0.417 e. The number of piperidine rings is 1. The third-order valence-corrected chi connectivity index (χ3v) is 5.23. The van der Waals surface area contributed by atoms with Gasteiger partial charge in [0.15, 0.2) is 0 Å². The van der Waals surface area contributed by atoms with Crippen molar-refractivity contribution in [3.8, 4) is 0 Å². The molecule has 1 amide bonds. The Morgan fingerprint density at radius 2 is 1.74 bits per heavy atom. The van der Waals surface area contributed by atoms with Gasteiger partial charge in [-0.05, 0) is 25.0 Å². The summed E-state index contributed by atoms with van der Waals surface area (Å²) in [5.74, 6) is -0.744. The Kier molecular flexibility index (Phi) is 6.82. The van der Waals surface area contributed by atoms with Crippen molar-refractivity contribution >= 4 is 17.7 Å². The van der Waals surface area contributed by atoms with Gasteiger partial charge in [-0.3, -0.25) is 9.59 Å². The first-order valence-electron chi connectivity index (χ1n) is 9.91. The lowest BCUT2D eigenvalue weighted by molar-refractivity contribution is -0.163. The molecule has 1 atom stereocenters. The maximum absolute atomic E-state index is 12.8. The van der Waals surface area contributed by atoms with Gasteiger partial charge in [0.25, 0.3) is 5.91 Å². The van der Waals surface area contributed by atoms with E-state index in [0.29, 0.717) is 37.3 Å². The molecule has 0 radical (unpaired) electrons. The van der Waals surface area contributed by atoms with Crippen LogP contribution in [-0.4, -0.2) is 48.9 Å². The van der Waals surface area contributed by atoms with Crippen LogP contribution in [0.5, 0.6) is 0 Å². The molecule has 166 valence electrons. The van der Waals surface area contributed by atoms with E-state index in [-0.39, 0.29) is 5.91 Å². The molecule has 1 saturated heterocycles. The summed E-state index contributed by atoms with van der Waals surface area (Å²) < 4.78 is 43.7. The second-order valence-corrected chi connectivity index (χ2v) is 7.62. The number of amides is 1. The van der Waals surface area contributed by atoms with Crippen molar-refractivity contribution in [2.75, 3.05) is 32.1 Å². The second-order valence-electron chi connectivity index (χ2n) is 7.62. The number of hydrogen-bond acceptors (Lipinski definition) is 5. The van der Waals surface area contributed by atoms with Gasteiger partial charge in [-0.25, -0.2) is 4.98 Å². The molecule has 0 N–H and O–H groups in total. The maximum atomic E-state index is 12.8. The summed E-state index contributed by atoms with van der Waals surface area (Å²) >= 11 is 0. The predicted octanol–water partition coefficient (Wildman–Crippen LogP) is 3.69. The van der Waals surface area contributed by atoms with Gasteiger partial charge in [0.1, 0.15) is 5.82 Å². The van der Waals surface area contributed by atoms with E-state index in [1.165, 1.54) is 11.0 Å². The molecule has 1 fully saturated rings. The highest BCUT2D eigenvalue weighted by Crippen LogP contribution is 2.31. The largest absolute Gasteiger partial charge is 0.447 e. The zero-order valence-corrected chi connectivity index (χ0v) is 17.3. The molecule has 1 aliphatic rings. The zero-order valence-electron chi connectivity index (χ0n) is 17.3. The molecule has 0 spiro atoms. The summed E-state index contributed by atoms with van der Waals surface area (Å²) in [7, 11) is 3.20. The fourth-order valence-electron chi connectivity index (χ4n) is 3.42. The zero-order chi connectivity index (χ0) is 22.6. The van der Waals surface area contributed by atoms with Crippen LogP contribution in [0.2, 0.25) is 0 Å². The van der Waals surface area contributed by atoms with Crippen molar-refractivity contribution in [2.45, 2.75) is 25.1 Å². The Labute approximate surface area is 178 Å². The van der Waals surface area contributed by atoms with Crippen molar-refractivity contribution in [3.05, 3.63) is 59.8 Å². The third-order valence-electron chi connectivity index (χ3n) is 5.23. The van der Waals surface area contributed by atoms with Crippen LogP contribution in [0.15, 0.2) is 48.7 Å². The van der Waals surface area contributed by atoms with Crippen molar-refractivity contribution in [3.63, 3.8) is 0 Å². The van der Waals surface area contributed by atoms with Crippen LogP contribution in [0.4, 0.5) is 19.0 Å². The number of aromatic nitrogens is 1. The predicted molar refractivity (Wildman–Crippen MR) is 108 cm³/mol. The first-order chi connectivity index (χ1) is 14.7. The van der Waals surface area contributed by atoms with Crippen LogP contribution in [0, 0.1) is 5.92 Å². The van der Waals surface area contributed by atoms with E-state index in [4.69, 9.17) is 4.74 Å². The van der Waals surface area contributed by atoms with Crippen LogP contribution in [0.1, 0.15) is 30.1 Å². The average molecular weight is 435 g/mol. The number of ether oxygens (including phenoxy) is 1. The molecule has 2 heterocycles. The third kappa shape index (κ3) is 5.53. The number of esters is 1. The minimum absolute atomic E-state index is 0.328. The molecule has 2 aromatic rings. The fourth-order valence-corrected chi connectivity index (χ4v) is 3.42. The van der Waals surface area contributed by atoms with Crippen LogP contribution in [0.3, 0.4) is 0 Å². The molecule has 0 saturated carbocycles. The highest BCUT2D eigenvalue weighted by atomic mass is 19.4. The Morgan fingerprint density at radius 1 is 1.10 bits per heavy atom. The van der Waals surface area contributed by atoms with Crippen molar-refractivity contribution in [2.24, 2.45) is 5.92 Å². The smallest absolute Gasteiger partial charge is 0.417 e. The number of alkyl halides is 3. The van der Waals surface area contributed by atoms with Gasteiger partial charge >= 0.3 is 12.1 Å². The van der Waals surface area contributed by atoms with E-state index in [9.17, 15) is 22.8 Å². The Morgan fingerprint density at radius 3 is 2.26 bits per heavy atom.